The number of rotatable bonds is 10. The van der Waals surface area contributed by atoms with E-state index in [0.717, 1.165) is 38.8 Å². The number of carboxylic acids is 2. The molecule has 3 N–H and O–H groups in total. The molecule has 1 saturated heterocycles. The summed E-state index contributed by atoms with van der Waals surface area (Å²) in [6, 6.07) is 0. The third-order valence-corrected chi connectivity index (χ3v) is 7.58. The van der Waals surface area contributed by atoms with Gasteiger partial charge in [0.05, 0.1) is 5.41 Å². The first-order chi connectivity index (χ1) is 11.8. The summed E-state index contributed by atoms with van der Waals surface area (Å²) in [4.78, 5) is 22.8. The number of hydrogen-bond acceptors (Lipinski definition) is 3. The molecule has 26 heavy (non-hydrogen) atoms. The van der Waals surface area contributed by atoms with Crippen LogP contribution in [-0.2, 0) is 9.59 Å². The second-order valence-electron chi connectivity index (χ2n) is 9.78. The topological polar surface area (TPSA) is 86.6 Å². The van der Waals surface area contributed by atoms with Crippen molar-refractivity contribution >= 4 is 11.9 Å². The number of carbonyl (C=O) groups is 2. The fourth-order valence-corrected chi connectivity index (χ4v) is 4.36. The third kappa shape index (κ3) is 5.21. The van der Waals surface area contributed by atoms with Gasteiger partial charge in [0.15, 0.2) is 0 Å². The fourth-order valence-electron chi connectivity index (χ4n) is 4.36. The Hall–Kier alpha value is -1.10. The Morgan fingerprint density at radius 2 is 1.58 bits per heavy atom. The molecule has 1 unspecified atom stereocenters. The first-order valence-electron chi connectivity index (χ1n) is 9.99. The van der Waals surface area contributed by atoms with E-state index in [4.69, 9.17) is 5.11 Å². The van der Waals surface area contributed by atoms with Crippen LogP contribution >= 0.6 is 0 Å². The van der Waals surface area contributed by atoms with E-state index < -0.39 is 22.8 Å². The second kappa shape index (κ2) is 8.73. The smallest absolute Gasteiger partial charge is 0.309 e. The Bertz CT molecular complexity index is 490. The molecule has 152 valence electrons. The van der Waals surface area contributed by atoms with Gasteiger partial charge in [0.1, 0.15) is 0 Å². The molecule has 1 atom stereocenters. The summed E-state index contributed by atoms with van der Waals surface area (Å²) in [5.41, 5.74) is -1.41. The van der Waals surface area contributed by atoms with Gasteiger partial charge in [-0.3, -0.25) is 9.59 Å². The van der Waals surface area contributed by atoms with Gasteiger partial charge in [-0.1, -0.05) is 27.7 Å². The van der Waals surface area contributed by atoms with Crippen LogP contribution in [0.2, 0.25) is 0 Å². The maximum absolute atomic E-state index is 11.9. The van der Waals surface area contributed by atoms with Gasteiger partial charge in [0, 0.05) is 6.42 Å². The third-order valence-electron chi connectivity index (χ3n) is 7.58. The number of hydrogen-bond donors (Lipinski definition) is 3. The molecule has 1 rings (SSSR count). The summed E-state index contributed by atoms with van der Waals surface area (Å²) in [5.74, 6) is -0.469. The minimum atomic E-state index is -0.837. The molecule has 0 bridgehead atoms. The first kappa shape index (κ1) is 22.9. The number of aliphatic carboxylic acids is 2. The maximum Gasteiger partial charge on any atom is 0.309 e. The molecule has 1 aliphatic heterocycles. The molecule has 5 heteroatoms. The van der Waals surface area contributed by atoms with Crippen LogP contribution in [0.4, 0.5) is 0 Å². The predicted molar refractivity (Wildman–Crippen MR) is 104 cm³/mol. The summed E-state index contributed by atoms with van der Waals surface area (Å²) in [7, 11) is 0. The van der Waals surface area contributed by atoms with Gasteiger partial charge in [0.25, 0.3) is 0 Å². The Morgan fingerprint density at radius 1 is 1.04 bits per heavy atom. The second-order valence-corrected chi connectivity index (χ2v) is 9.78. The van der Waals surface area contributed by atoms with Crippen molar-refractivity contribution in [2.45, 2.75) is 80.1 Å². The fraction of sp³-hybridized carbons (Fsp3) is 0.905. The SMILES string of the molecule is CC(C)(CC(CCCC(=O)O)C1CCNCC1)C(C)(C)C(C)(C)C(=O)O. The molecule has 0 saturated carbocycles. The summed E-state index contributed by atoms with van der Waals surface area (Å²) >= 11 is 0. The summed E-state index contributed by atoms with van der Waals surface area (Å²) in [5, 5.41) is 22.1. The molecule has 0 amide bonds. The van der Waals surface area contributed by atoms with Crippen LogP contribution < -0.4 is 5.32 Å². The normalized spacial score (nSPS) is 18.5. The largest absolute Gasteiger partial charge is 0.481 e. The summed E-state index contributed by atoms with van der Waals surface area (Å²) in [6.07, 6.45) is 4.99. The van der Waals surface area contributed by atoms with Crippen LogP contribution in [0, 0.1) is 28.1 Å². The molecule has 1 aliphatic rings. The van der Waals surface area contributed by atoms with E-state index in [0.29, 0.717) is 18.3 Å². The van der Waals surface area contributed by atoms with E-state index in [9.17, 15) is 14.7 Å². The molecule has 5 nitrogen and oxygen atoms in total. The molecule has 0 radical (unpaired) electrons. The van der Waals surface area contributed by atoms with Gasteiger partial charge in [-0.2, -0.15) is 0 Å². The van der Waals surface area contributed by atoms with E-state index in [1.807, 2.05) is 13.8 Å². The minimum Gasteiger partial charge on any atom is -0.481 e. The van der Waals surface area contributed by atoms with E-state index in [2.05, 4.69) is 33.0 Å². The number of piperidine rings is 1. The van der Waals surface area contributed by atoms with Gasteiger partial charge in [-0.05, 0) is 81.7 Å². The minimum absolute atomic E-state index is 0.173. The quantitative estimate of drug-likeness (QED) is 0.531. The van der Waals surface area contributed by atoms with E-state index in [-0.39, 0.29) is 11.8 Å². The van der Waals surface area contributed by atoms with E-state index in [1.165, 1.54) is 0 Å². The molecular weight excluding hydrogens is 330 g/mol. The number of carboxylic acid groups (broad SMARTS) is 2. The van der Waals surface area contributed by atoms with Crippen molar-refractivity contribution in [2.75, 3.05) is 13.1 Å². The van der Waals surface area contributed by atoms with E-state index in [1.54, 1.807) is 0 Å². The summed E-state index contributed by atoms with van der Waals surface area (Å²) in [6.45, 7) is 14.2. The molecule has 1 fully saturated rings. The van der Waals surface area contributed by atoms with Crippen molar-refractivity contribution < 1.29 is 19.8 Å². The van der Waals surface area contributed by atoms with Crippen molar-refractivity contribution in [1.29, 1.82) is 0 Å². The lowest BCUT2D eigenvalue weighted by atomic mass is 9.52. The van der Waals surface area contributed by atoms with Crippen LogP contribution in [0.5, 0.6) is 0 Å². The van der Waals surface area contributed by atoms with Crippen LogP contribution in [0.1, 0.15) is 80.1 Å². The average Bonchev–Trinajstić information content (AvgIpc) is 2.53. The summed E-state index contributed by atoms with van der Waals surface area (Å²) < 4.78 is 0. The van der Waals surface area contributed by atoms with Gasteiger partial charge < -0.3 is 15.5 Å². The molecule has 0 aromatic heterocycles. The van der Waals surface area contributed by atoms with Crippen molar-refractivity contribution in [1.82, 2.24) is 5.32 Å². The maximum atomic E-state index is 11.9. The highest BCUT2D eigenvalue weighted by Crippen LogP contribution is 2.55. The van der Waals surface area contributed by atoms with Crippen LogP contribution in [0.25, 0.3) is 0 Å². The lowest BCUT2D eigenvalue weighted by molar-refractivity contribution is -0.161. The Kier molecular flexibility index (Phi) is 7.70. The van der Waals surface area contributed by atoms with Crippen molar-refractivity contribution in [3.63, 3.8) is 0 Å². The van der Waals surface area contributed by atoms with Crippen LogP contribution in [0.15, 0.2) is 0 Å². The molecule has 0 spiro atoms. The van der Waals surface area contributed by atoms with E-state index >= 15 is 0 Å². The van der Waals surface area contributed by atoms with Gasteiger partial charge in [0.2, 0.25) is 0 Å². The van der Waals surface area contributed by atoms with Crippen LogP contribution in [0.3, 0.4) is 0 Å². The monoisotopic (exact) mass is 369 g/mol. The zero-order valence-corrected chi connectivity index (χ0v) is 17.5. The predicted octanol–water partition coefficient (Wildman–Crippen LogP) is 4.41. The Labute approximate surface area is 158 Å². The Balaban J connectivity index is 2.98. The average molecular weight is 370 g/mol. The van der Waals surface area contributed by atoms with Crippen molar-refractivity contribution in [3.8, 4) is 0 Å². The van der Waals surface area contributed by atoms with Gasteiger partial charge in [-0.25, -0.2) is 0 Å². The van der Waals surface area contributed by atoms with Crippen molar-refractivity contribution in [2.24, 2.45) is 28.1 Å². The molecular formula is C21H39NO4. The lowest BCUT2D eigenvalue weighted by Gasteiger charge is -2.52. The van der Waals surface area contributed by atoms with Crippen LogP contribution in [-0.4, -0.2) is 35.2 Å². The first-order valence-corrected chi connectivity index (χ1v) is 9.99. The van der Waals surface area contributed by atoms with Gasteiger partial charge in [-0.15, -0.1) is 0 Å². The molecule has 0 aromatic rings. The lowest BCUT2D eigenvalue weighted by Crippen LogP contribution is -2.50. The highest BCUT2D eigenvalue weighted by Gasteiger charge is 2.52. The highest BCUT2D eigenvalue weighted by atomic mass is 16.4. The Morgan fingerprint density at radius 3 is 2.04 bits per heavy atom. The van der Waals surface area contributed by atoms with Crippen molar-refractivity contribution in [3.05, 3.63) is 0 Å². The molecule has 0 aromatic carbocycles. The zero-order chi connectivity index (χ0) is 20.2. The standard InChI is InChI=1S/C21H39NO4/c1-19(2,21(5,6)20(3,4)18(25)26)14-16(8-7-9-17(23)24)15-10-12-22-13-11-15/h15-16,22H,7-14H2,1-6H3,(H,23,24)(H,25,26). The zero-order valence-electron chi connectivity index (χ0n) is 17.5. The highest BCUT2D eigenvalue weighted by molar-refractivity contribution is 5.74. The molecule has 1 heterocycles. The number of nitrogens with one attached hydrogen (secondary N) is 1. The van der Waals surface area contributed by atoms with Gasteiger partial charge >= 0.3 is 11.9 Å². The molecule has 0 aliphatic carbocycles.